The van der Waals surface area contributed by atoms with E-state index in [-0.39, 0.29) is 17.9 Å². The van der Waals surface area contributed by atoms with Crippen LogP contribution >= 0.6 is 0 Å². The van der Waals surface area contributed by atoms with Crippen LogP contribution in [0.15, 0.2) is 5.10 Å². The minimum atomic E-state index is -0.124. The minimum Gasteiger partial charge on any atom is -0.348 e. The van der Waals surface area contributed by atoms with E-state index in [1.165, 1.54) is 6.42 Å². The van der Waals surface area contributed by atoms with Crippen molar-refractivity contribution >= 4 is 17.5 Å². The van der Waals surface area contributed by atoms with Gasteiger partial charge in [-0.25, -0.2) is 5.43 Å². The molecule has 5 nitrogen and oxygen atoms in total. The van der Waals surface area contributed by atoms with Crippen molar-refractivity contribution in [3.63, 3.8) is 0 Å². The number of carbonyl (C=O) groups excluding carboxylic acids is 2. The van der Waals surface area contributed by atoms with Gasteiger partial charge in [-0.1, -0.05) is 13.8 Å². The van der Waals surface area contributed by atoms with Crippen LogP contribution in [0.2, 0.25) is 0 Å². The van der Waals surface area contributed by atoms with Crippen LogP contribution in [0, 0.1) is 11.8 Å². The third kappa shape index (κ3) is 3.09. The molecule has 5 heteroatoms. The summed E-state index contributed by atoms with van der Waals surface area (Å²) in [4.78, 5) is 23.0. The third-order valence-corrected chi connectivity index (χ3v) is 3.91. The zero-order valence-electron chi connectivity index (χ0n) is 11.0. The molecule has 0 radical (unpaired) electrons. The molecule has 2 rings (SSSR count). The molecule has 3 atom stereocenters. The lowest BCUT2D eigenvalue weighted by molar-refractivity contribution is -0.121. The second-order valence-corrected chi connectivity index (χ2v) is 5.57. The highest BCUT2D eigenvalue weighted by atomic mass is 16.2. The van der Waals surface area contributed by atoms with E-state index in [1.54, 1.807) is 0 Å². The summed E-state index contributed by atoms with van der Waals surface area (Å²) < 4.78 is 0. The third-order valence-electron chi connectivity index (χ3n) is 3.91. The van der Waals surface area contributed by atoms with Crippen molar-refractivity contribution in [3.8, 4) is 0 Å². The average molecular weight is 251 g/mol. The van der Waals surface area contributed by atoms with Crippen molar-refractivity contribution in [2.24, 2.45) is 16.9 Å². The zero-order valence-corrected chi connectivity index (χ0v) is 11.0. The minimum absolute atomic E-state index is 0.119. The molecule has 0 aromatic carbocycles. The summed E-state index contributed by atoms with van der Waals surface area (Å²) >= 11 is 0. The zero-order chi connectivity index (χ0) is 13.1. The lowest BCUT2D eigenvalue weighted by Crippen LogP contribution is -2.46. The van der Waals surface area contributed by atoms with Crippen LogP contribution in [-0.2, 0) is 9.59 Å². The van der Waals surface area contributed by atoms with E-state index in [9.17, 15) is 9.59 Å². The molecular formula is C13H21N3O2. The highest BCUT2D eigenvalue weighted by molar-refractivity contribution is 6.39. The summed E-state index contributed by atoms with van der Waals surface area (Å²) in [5.74, 6) is 1.02. The number of nitrogens with zero attached hydrogens (tertiary/aromatic N) is 1. The van der Waals surface area contributed by atoms with Crippen molar-refractivity contribution in [1.29, 1.82) is 0 Å². The summed E-state index contributed by atoms with van der Waals surface area (Å²) in [6.45, 7) is 4.44. The molecule has 3 unspecified atom stereocenters. The molecule has 18 heavy (non-hydrogen) atoms. The second kappa shape index (κ2) is 5.50. The van der Waals surface area contributed by atoms with Gasteiger partial charge in [0.1, 0.15) is 5.71 Å². The van der Waals surface area contributed by atoms with Gasteiger partial charge < -0.3 is 5.32 Å². The summed E-state index contributed by atoms with van der Waals surface area (Å²) in [7, 11) is 0. The molecule has 2 amide bonds. The van der Waals surface area contributed by atoms with Crippen LogP contribution in [0.25, 0.3) is 0 Å². The second-order valence-electron chi connectivity index (χ2n) is 5.57. The molecule has 2 N–H and O–H groups in total. The largest absolute Gasteiger partial charge is 0.348 e. The fourth-order valence-electron chi connectivity index (χ4n) is 2.77. The number of carbonyl (C=O) groups is 2. The predicted octanol–water partition coefficient (Wildman–Crippen LogP) is 1.19. The Labute approximate surface area is 107 Å². The first kappa shape index (κ1) is 13.1. The van der Waals surface area contributed by atoms with E-state index in [0.717, 1.165) is 18.8 Å². The molecule has 100 valence electrons. The van der Waals surface area contributed by atoms with E-state index in [1.807, 2.05) is 0 Å². The van der Waals surface area contributed by atoms with E-state index in [2.05, 4.69) is 29.7 Å². The lowest BCUT2D eigenvalue weighted by atomic mass is 9.80. The normalized spacial score (nSPS) is 32.4. The number of rotatable bonds is 2. The van der Waals surface area contributed by atoms with Crippen molar-refractivity contribution in [2.75, 3.05) is 0 Å². The molecular weight excluding hydrogens is 230 g/mol. The first-order valence-corrected chi connectivity index (χ1v) is 6.72. The Kier molecular flexibility index (Phi) is 3.99. The van der Waals surface area contributed by atoms with Crippen LogP contribution in [0.4, 0.5) is 0 Å². The first-order valence-electron chi connectivity index (χ1n) is 6.72. The molecule has 1 aliphatic heterocycles. The number of hydrogen-bond donors (Lipinski definition) is 2. The lowest BCUT2D eigenvalue weighted by Gasteiger charge is -2.33. The Morgan fingerprint density at radius 3 is 2.72 bits per heavy atom. The summed E-state index contributed by atoms with van der Waals surface area (Å²) in [6.07, 6.45) is 4.15. The first-order chi connectivity index (χ1) is 8.56. The maximum Gasteiger partial charge on any atom is 0.267 e. The van der Waals surface area contributed by atoms with Crippen LogP contribution in [0.1, 0.15) is 46.0 Å². The standard InChI is InChI=1S/C13H21N3O2/c1-8-3-4-10(9(2)7-8)14-13(18)11-5-6-12(17)16-15-11/h8-10H,3-7H2,1-2H3,(H,14,18)(H,16,17). The quantitative estimate of drug-likeness (QED) is 0.774. The Bertz CT molecular complexity index is 378. The van der Waals surface area contributed by atoms with Gasteiger partial charge in [-0.3, -0.25) is 9.59 Å². The fraction of sp³-hybridized carbons (Fsp3) is 0.769. The SMILES string of the molecule is CC1CCC(NC(=O)C2=NNC(=O)CC2)C(C)C1. The number of nitrogens with one attached hydrogen (secondary N) is 2. The number of hydrogen-bond acceptors (Lipinski definition) is 3. The Balaban J connectivity index is 1.89. The molecule has 0 spiro atoms. The van der Waals surface area contributed by atoms with Gasteiger partial charge in [0.25, 0.3) is 5.91 Å². The molecule has 0 saturated heterocycles. The van der Waals surface area contributed by atoms with Gasteiger partial charge in [0.05, 0.1) is 0 Å². The van der Waals surface area contributed by atoms with Crippen LogP contribution in [0.5, 0.6) is 0 Å². The molecule has 1 saturated carbocycles. The van der Waals surface area contributed by atoms with E-state index in [0.29, 0.717) is 24.5 Å². The molecule has 0 aromatic heterocycles. The highest BCUT2D eigenvalue weighted by Gasteiger charge is 2.28. The van der Waals surface area contributed by atoms with Crippen LogP contribution < -0.4 is 10.7 Å². The van der Waals surface area contributed by atoms with E-state index in [4.69, 9.17) is 0 Å². The van der Waals surface area contributed by atoms with Gasteiger partial charge in [-0.05, 0) is 31.1 Å². The topological polar surface area (TPSA) is 70.6 Å². The highest BCUT2D eigenvalue weighted by Crippen LogP contribution is 2.28. The maximum absolute atomic E-state index is 12.0. The summed E-state index contributed by atoms with van der Waals surface area (Å²) in [5, 5.41) is 6.87. The molecule has 0 aromatic rings. The predicted molar refractivity (Wildman–Crippen MR) is 68.9 cm³/mol. The van der Waals surface area contributed by atoms with Gasteiger partial charge in [-0.2, -0.15) is 5.10 Å². The Hall–Kier alpha value is -1.39. The van der Waals surface area contributed by atoms with E-state index >= 15 is 0 Å². The van der Waals surface area contributed by atoms with Gasteiger partial charge in [0.2, 0.25) is 5.91 Å². The van der Waals surface area contributed by atoms with Crippen molar-refractivity contribution in [2.45, 2.75) is 52.0 Å². The molecule has 2 aliphatic rings. The molecule has 1 fully saturated rings. The van der Waals surface area contributed by atoms with E-state index < -0.39 is 0 Å². The van der Waals surface area contributed by atoms with Crippen molar-refractivity contribution in [1.82, 2.24) is 10.7 Å². The summed E-state index contributed by atoms with van der Waals surface area (Å²) in [6, 6.07) is 0.244. The Morgan fingerprint density at radius 2 is 2.11 bits per heavy atom. The van der Waals surface area contributed by atoms with Gasteiger partial charge in [0.15, 0.2) is 0 Å². The monoisotopic (exact) mass is 251 g/mol. The average Bonchev–Trinajstić information content (AvgIpc) is 2.33. The number of amides is 2. The van der Waals surface area contributed by atoms with Gasteiger partial charge in [0, 0.05) is 18.9 Å². The van der Waals surface area contributed by atoms with Crippen molar-refractivity contribution < 1.29 is 9.59 Å². The molecule has 1 heterocycles. The van der Waals surface area contributed by atoms with Gasteiger partial charge >= 0.3 is 0 Å². The van der Waals surface area contributed by atoms with Crippen LogP contribution in [0.3, 0.4) is 0 Å². The number of hydrazone groups is 1. The van der Waals surface area contributed by atoms with Crippen LogP contribution in [-0.4, -0.2) is 23.6 Å². The molecule has 0 bridgehead atoms. The summed E-state index contributed by atoms with van der Waals surface area (Å²) in [5.41, 5.74) is 2.80. The smallest absolute Gasteiger partial charge is 0.267 e. The molecule has 1 aliphatic carbocycles. The maximum atomic E-state index is 12.0. The van der Waals surface area contributed by atoms with Crippen molar-refractivity contribution in [3.05, 3.63) is 0 Å². The van der Waals surface area contributed by atoms with Gasteiger partial charge in [-0.15, -0.1) is 0 Å². The Morgan fingerprint density at radius 1 is 1.33 bits per heavy atom. The fourth-order valence-corrected chi connectivity index (χ4v) is 2.77.